The number of aromatic nitrogens is 2. The number of halogens is 1. The van der Waals surface area contributed by atoms with E-state index in [0.717, 1.165) is 0 Å². The van der Waals surface area contributed by atoms with Crippen LogP contribution in [0.4, 0.5) is 9.52 Å². The van der Waals surface area contributed by atoms with Crippen LogP contribution in [0.3, 0.4) is 0 Å². The predicted molar refractivity (Wildman–Crippen MR) is 120 cm³/mol. The number of carbonyl (C=O) groups excluding carboxylic acids is 1. The van der Waals surface area contributed by atoms with Crippen LogP contribution in [0, 0.1) is 33.9 Å². The molecule has 0 bridgehead atoms. The molecule has 0 fully saturated rings. The number of anilines is 1. The van der Waals surface area contributed by atoms with Gasteiger partial charge in [0.05, 0.1) is 29.4 Å². The average molecular weight is 467 g/mol. The molecule has 10 heteroatoms. The molecule has 0 saturated carbocycles. The zero-order chi connectivity index (χ0) is 23.0. The number of nitrogens with two attached hydrogens (primary N) is 1. The van der Waals surface area contributed by atoms with Gasteiger partial charge in [-0.3, -0.25) is 9.69 Å². The molecule has 162 valence electrons. The number of nitrogens with zero attached hydrogens (tertiary/aromatic N) is 5. The largest absolute Gasteiger partial charge is 0.384 e. The number of ketones is 1. The van der Waals surface area contributed by atoms with Crippen molar-refractivity contribution in [1.29, 1.82) is 10.5 Å². The molecule has 7 nitrogen and oxygen atoms in total. The minimum absolute atomic E-state index is 0.0700. The Balaban J connectivity index is 1.91. The zero-order valence-electron chi connectivity index (χ0n) is 17.4. The van der Waals surface area contributed by atoms with Crippen molar-refractivity contribution in [2.45, 2.75) is 36.9 Å². The highest BCUT2D eigenvalue weighted by Gasteiger charge is 2.45. The molecule has 2 aliphatic rings. The van der Waals surface area contributed by atoms with E-state index in [1.807, 2.05) is 13.8 Å². The molecule has 0 saturated heterocycles. The maximum absolute atomic E-state index is 13.6. The molecule has 32 heavy (non-hydrogen) atoms. The van der Waals surface area contributed by atoms with Gasteiger partial charge in [-0.2, -0.15) is 10.5 Å². The number of hydrogen-bond acceptors (Lipinski definition) is 9. The van der Waals surface area contributed by atoms with Crippen molar-refractivity contribution in [3.05, 3.63) is 58.3 Å². The Morgan fingerprint density at radius 3 is 2.66 bits per heavy atom. The first-order chi connectivity index (χ1) is 15.3. The normalized spacial score (nSPS) is 20.1. The van der Waals surface area contributed by atoms with Crippen molar-refractivity contribution in [3.8, 4) is 12.1 Å². The Kier molecular flexibility index (Phi) is 5.76. The van der Waals surface area contributed by atoms with Crippen LogP contribution in [0.25, 0.3) is 0 Å². The van der Waals surface area contributed by atoms with Gasteiger partial charge in [0, 0.05) is 17.7 Å². The SMILES string of the molecule is CC1(C)CC(=O)C2=C(C1)N(c1nnc(SCC#N)s1)C(N)=C(C#N)C2c1ccc(F)cc1. The van der Waals surface area contributed by atoms with E-state index in [9.17, 15) is 14.4 Å². The molecule has 1 aliphatic heterocycles. The summed E-state index contributed by atoms with van der Waals surface area (Å²) in [6.07, 6.45) is 0.876. The van der Waals surface area contributed by atoms with Crippen molar-refractivity contribution < 1.29 is 9.18 Å². The van der Waals surface area contributed by atoms with E-state index in [-0.39, 0.29) is 28.3 Å². The Morgan fingerprint density at radius 1 is 1.28 bits per heavy atom. The molecule has 1 aromatic carbocycles. The predicted octanol–water partition coefficient (Wildman–Crippen LogP) is 4.23. The monoisotopic (exact) mass is 466 g/mol. The lowest BCUT2D eigenvalue weighted by molar-refractivity contribution is -0.118. The first-order valence-electron chi connectivity index (χ1n) is 9.80. The molecule has 1 atom stereocenters. The van der Waals surface area contributed by atoms with Crippen molar-refractivity contribution in [2.75, 3.05) is 10.7 Å². The number of allylic oxidation sites excluding steroid dienone is 3. The van der Waals surface area contributed by atoms with E-state index < -0.39 is 11.7 Å². The summed E-state index contributed by atoms with van der Waals surface area (Å²) in [5.41, 5.74) is 8.23. The number of carbonyl (C=O) groups is 1. The lowest BCUT2D eigenvalue weighted by Crippen LogP contribution is -2.42. The fourth-order valence-electron chi connectivity index (χ4n) is 4.16. The highest BCUT2D eigenvalue weighted by atomic mass is 32.2. The lowest BCUT2D eigenvalue weighted by atomic mass is 9.69. The van der Waals surface area contributed by atoms with Crippen LogP contribution >= 0.6 is 23.1 Å². The van der Waals surface area contributed by atoms with Gasteiger partial charge in [0.1, 0.15) is 11.6 Å². The van der Waals surface area contributed by atoms with Crippen LogP contribution in [0.5, 0.6) is 0 Å². The second kappa shape index (κ2) is 8.38. The highest BCUT2D eigenvalue weighted by molar-refractivity contribution is 8.01. The van der Waals surface area contributed by atoms with Crippen LogP contribution in [0.15, 0.2) is 51.3 Å². The molecule has 0 spiro atoms. The lowest BCUT2D eigenvalue weighted by Gasteiger charge is -2.42. The molecule has 2 heterocycles. The fraction of sp³-hybridized carbons (Fsp3) is 0.318. The molecule has 2 aromatic rings. The van der Waals surface area contributed by atoms with Crippen molar-refractivity contribution in [3.63, 3.8) is 0 Å². The van der Waals surface area contributed by atoms with E-state index in [2.05, 4.69) is 22.3 Å². The Morgan fingerprint density at radius 2 is 2.00 bits per heavy atom. The molecule has 1 aromatic heterocycles. The van der Waals surface area contributed by atoms with Gasteiger partial charge < -0.3 is 5.73 Å². The summed E-state index contributed by atoms with van der Waals surface area (Å²) in [5.74, 6) is -0.729. The summed E-state index contributed by atoms with van der Waals surface area (Å²) in [7, 11) is 0. The van der Waals surface area contributed by atoms with Gasteiger partial charge in [-0.25, -0.2) is 4.39 Å². The molecule has 2 N–H and O–H groups in total. The van der Waals surface area contributed by atoms with E-state index in [1.165, 1.54) is 35.2 Å². The van der Waals surface area contributed by atoms with Crippen LogP contribution < -0.4 is 10.6 Å². The third kappa shape index (κ3) is 3.88. The van der Waals surface area contributed by atoms with Crippen molar-refractivity contribution in [2.24, 2.45) is 11.1 Å². The van der Waals surface area contributed by atoms with E-state index >= 15 is 0 Å². The van der Waals surface area contributed by atoms with Crippen LogP contribution in [0.1, 0.15) is 38.2 Å². The summed E-state index contributed by atoms with van der Waals surface area (Å²) in [4.78, 5) is 15.0. The van der Waals surface area contributed by atoms with Crippen LogP contribution in [-0.4, -0.2) is 21.7 Å². The Labute approximate surface area is 193 Å². The molecule has 4 rings (SSSR count). The van der Waals surface area contributed by atoms with E-state index in [1.54, 1.807) is 17.0 Å². The minimum atomic E-state index is -0.671. The van der Waals surface area contributed by atoms with E-state index in [0.29, 0.717) is 39.1 Å². The molecule has 1 aliphatic carbocycles. The first-order valence-corrected chi connectivity index (χ1v) is 11.6. The fourth-order valence-corrected chi connectivity index (χ4v) is 5.70. The van der Waals surface area contributed by atoms with Gasteiger partial charge in [0.15, 0.2) is 10.1 Å². The van der Waals surface area contributed by atoms with Gasteiger partial charge in [-0.05, 0) is 29.5 Å². The van der Waals surface area contributed by atoms with Gasteiger partial charge in [0.2, 0.25) is 5.13 Å². The van der Waals surface area contributed by atoms with Gasteiger partial charge in [-0.1, -0.05) is 49.1 Å². The summed E-state index contributed by atoms with van der Waals surface area (Å²) in [5, 5.41) is 27.6. The topological polar surface area (TPSA) is 120 Å². The van der Waals surface area contributed by atoms with Crippen molar-refractivity contribution in [1.82, 2.24) is 10.2 Å². The number of rotatable bonds is 4. The van der Waals surface area contributed by atoms with Gasteiger partial charge in [0.25, 0.3) is 0 Å². The maximum Gasteiger partial charge on any atom is 0.219 e. The zero-order valence-corrected chi connectivity index (χ0v) is 19.1. The minimum Gasteiger partial charge on any atom is -0.384 e. The smallest absolute Gasteiger partial charge is 0.219 e. The number of Topliss-reactive ketones (excluding diaryl/α,β-unsaturated/α-hetero) is 1. The second-order valence-electron chi connectivity index (χ2n) is 8.33. The standard InChI is InChI=1S/C22H19FN6OS2/c1-22(2)9-15-18(16(30)10-22)17(12-3-5-13(23)6-4-12)14(11-25)19(26)29(15)20-27-28-21(32-20)31-8-7-24/h3-6,17H,8-10,26H2,1-2H3. The Hall–Kier alpha value is -3.21. The first kappa shape index (κ1) is 22.0. The maximum atomic E-state index is 13.6. The van der Waals surface area contributed by atoms with Crippen LogP contribution in [0.2, 0.25) is 0 Å². The van der Waals surface area contributed by atoms with Crippen LogP contribution in [-0.2, 0) is 4.79 Å². The molecular formula is C22H19FN6OS2. The molecule has 1 unspecified atom stereocenters. The summed E-state index contributed by atoms with van der Waals surface area (Å²) in [6.45, 7) is 4.02. The Bertz CT molecular complexity index is 1230. The summed E-state index contributed by atoms with van der Waals surface area (Å²) < 4.78 is 14.2. The molecule has 0 amide bonds. The van der Waals surface area contributed by atoms with Crippen molar-refractivity contribution >= 4 is 34.0 Å². The quantitative estimate of drug-likeness (QED) is 0.665. The highest BCUT2D eigenvalue weighted by Crippen LogP contribution is 2.50. The van der Waals surface area contributed by atoms with E-state index in [4.69, 9.17) is 11.0 Å². The number of benzene rings is 1. The molecular weight excluding hydrogens is 447 g/mol. The number of thioether (sulfide) groups is 1. The third-order valence-corrected chi connectivity index (χ3v) is 7.34. The number of nitriles is 2. The average Bonchev–Trinajstić information content (AvgIpc) is 3.19. The summed E-state index contributed by atoms with van der Waals surface area (Å²) >= 11 is 2.51. The molecule has 0 radical (unpaired) electrons. The third-order valence-electron chi connectivity index (χ3n) is 5.43. The van der Waals surface area contributed by atoms with Gasteiger partial charge >= 0.3 is 0 Å². The van der Waals surface area contributed by atoms with Gasteiger partial charge in [-0.15, -0.1) is 10.2 Å². The summed E-state index contributed by atoms with van der Waals surface area (Å²) in [6, 6.07) is 10.0. The second-order valence-corrected chi connectivity index (χ2v) is 10.5. The number of hydrogen-bond donors (Lipinski definition) is 1.